The molecule has 1 aliphatic heterocycles. The van der Waals surface area contributed by atoms with Crippen molar-refractivity contribution in [3.05, 3.63) is 0 Å². The second kappa shape index (κ2) is 3.72. The van der Waals surface area contributed by atoms with E-state index in [1.54, 1.807) is 0 Å². The molecule has 3 nitrogen and oxygen atoms in total. The van der Waals surface area contributed by atoms with Crippen LogP contribution < -0.4 is 5.43 Å². The Morgan fingerprint density at radius 2 is 1.91 bits per heavy atom. The molecular formula is C8H16N2O. The van der Waals surface area contributed by atoms with Gasteiger partial charge in [-0.2, -0.15) is 0 Å². The zero-order valence-corrected chi connectivity index (χ0v) is 7.26. The summed E-state index contributed by atoms with van der Waals surface area (Å²) >= 11 is 0. The van der Waals surface area contributed by atoms with Crippen LogP contribution in [-0.2, 0) is 4.79 Å². The fourth-order valence-corrected chi connectivity index (χ4v) is 1.11. The predicted molar refractivity (Wildman–Crippen MR) is 43.8 cm³/mol. The standard InChI is InChI=1S/C8H16N2O/c1-7(2)8(11)9-10-5-3-4-6-10/h7H,3-6H2,1-2H3,(H,9,11). The van der Waals surface area contributed by atoms with Crippen LogP contribution in [0, 0.1) is 5.92 Å². The summed E-state index contributed by atoms with van der Waals surface area (Å²) in [7, 11) is 0. The van der Waals surface area contributed by atoms with Gasteiger partial charge in [-0.25, -0.2) is 5.01 Å². The second-order valence-electron chi connectivity index (χ2n) is 3.32. The van der Waals surface area contributed by atoms with E-state index in [4.69, 9.17) is 0 Å². The molecule has 1 N–H and O–H groups in total. The molecule has 0 unspecified atom stereocenters. The predicted octanol–water partition coefficient (Wildman–Crippen LogP) is 0.769. The first kappa shape index (κ1) is 8.53. The van der Waals surface area contributed by atoms with E-state index < -0.39 is 0 Å². The number of rotatable bonds is 2. The Hall–Kier alpha value is -0.570. The van der Waals surface area contributed by atoms with E-state index in [-0.39, 0.29) is 11.8 Å². The van der Waals surface area contributed by atoms with Crippen molar-refractivity contribution in [2.45, 2.75) is 26.7 Å². The Balaban J connectivity index is 2.24. The lowest BCUT2D eigenvalue weighted by atomic mass is 10.2. The van der Waals surface area contributed by atoms with E-state index in [1.165, 1.54) is 12.8 Å². The van der Waals surface area contributed by atoms with E-state index in [2.05, 4.69) is 5.43 Å². The molecule has 0 atom stereocenters. The fourth-order valence-electron chi connectivity index (χ4n) is 1.11. The van der Waals surface area contributed by atoms with Crippen molar-refractivity contribution < 1.29 is 4.79 Å². The van der Waals surface area contributed by atoms with Gasteiger partial charge >= 0.3 is 0 Å². The Morgan fingerprint density at radius 1 is 1.36 bits per heavy atom. The number of carbonyl (C=O) groups excluding carboxylic acids is 1. The minimum absolute atomic E-state index is 0.0931. The van der Waals surface area contributed by atoms with Gasteiger partial charge in [0.05, 0.1) is 0 Å². The molecule has 0 saturated carbocycles. The smallest absolute Gasteiger partial charge is 0.236 e. The average molecular weight is 156 g/mol. The van der Waals surface area contributed by atoms with Gasteiger partial charge in [0.2, 0.25) is 5.91 Å². The second-order valence-corrected chi connectivity index (χ2v) is 3.32. The molecule has 0 radical (unpaired) electrons. The van der Waals surface area contributed by atoms with Crippen molar-refractivity contribution in [2.75, 3.05) is 13.1 Å². The van der Waals surface area contributed by atoms with E-state index in [0.717, 1.165) is 13.1 Å². The molecule has 3 heteroatoms. The molecule has 1 fully saturated rings. The molecule has 0 spiro atoms. The van der Waals surface area contributed by atoms with Crippen LogP contribution in [0.1, 0.15) is 26.7 Å². The number of hydrogen-bond donors (Lipinski definition) is 1. The molecule has 0 aromatic rings. The fraction of sp³-hybridized carbons (Fsp3) is 0.875. The number of nitrogens with zero attached hydrogens (tertiary/aromatic N) is 1. The van der Waals surface area contributed by atoms with Gasteiger partial charge < -0.3 is 0 Å². The van der Waals surface area contributed by atoms with Crippen LogP contribution in [0.15, 0.2) is 0 Å². The Kier molecular flexibility index (Phi) is 2.88. The molecule has 1 aliphatic rings. The lowest BCUT2D eigenvalue weighted by molar-refractivity contribution is -0.128. The van der Waals surface area contributed by atoms with Crippen LogP contribution in [0.4, 0.5) is 0 Å². The number of amides is 1. The van der Waals surface area contributed by atoms with Crippen LogP contribution >= 0.6 is 0 Å². The quantitative estimate of drug-likeness (QED) is 0.640. The largest absolute Gasteiger partial charge is 0.289 e. The van der Waals surface area contributed by atoms with Crippen molar-refractivity contribution in [1.82, 2.24) is 10.4 Å². The number of carbonyl (C=O) groups is 1. The first-order chi connectivity index (χ1) is 5.20. The molecule has 0 aromatic heterocycles. The first-order valence-electron chi connectivity index (χ1n) is 4.25. The summed E-state index contributed by atoms with van der Waals surface area (Å²) < 4.78 is 0. The average Bonchev–Trinajstić information content (AvgIpc) is 2.39. The monoisotopic (exact) mass is 156 g/mol. The Morgan fingerprint density at radius 3 is 2.36 bits per heavy atom. The third-order valence-corrected chi connectivity index (χ3v) is 1.90. The molecule has 1 heterocycles. The maximum atomic E-state index is 11.1. The maximum Gasteiger partial charge on any atom is 0.236 e. The normalized spacial score (nSPS) is 19.2. The summed E-state index contributed by atoms with van der Waals surface area (Å²) in [5.41, 5.74) is 2.87. The summed E-state index contributed by atoms with van der Waals surface area (Å²) in [4.78, 5) is 11.1. The van der Waals surface area contributed by atoms with Gasteiger partial charge in [-0.3, -0.25) is 10.2 Å². The van der Waals surface area contributed by atoms with Gasteiger partial charge in [0, 0.05) is 19.0 Å². The highest BCUT2D eigenvalue weighted by atomic mass is 16.2. The van der Waals surface area contributed by atoms with Crippen molar-refractivity contribution in [1.29, 1.82) is 0 Å². The van der Waals surface area contributed by atoms with E-state index in [0.29, 0.717) is 0 Å². The van der Waals surface area contributed by atoms with Gasteiger partial charge in [-0.15, -0.1) is 0 Å². The third-order valence-electron chi connectivity index (χ3n) is 1.90. The number of hydrogen-bond acceptors (Lipinski definition) is 2. The summed E-state index contributed by atoms with van der Waals surface area (Å²) in [5.74, 6) is 0.225. The van der Waals surface area contributed by atoms with Gasteiger partial charge in [0.1, 0.15) is 0 Å². The SMILES string of the molecule is CC(C)C(=O)NN1CCCC1. The van der Waals surface area contributed by atoms with E-state index in [9.17, 15) is 4.79 Å². The molecule has 64 valence electrons. The molecular weight excluding hydrogens is 140 g/mol. The highest BCUT2D eigenvalue weighted by Gasteiger charge is 2.15. The summed E-state index contributed by atoms with van der Waals surface area (Å²) in [5, 5.41) is 2.00. The minimum atomic E-state index is 0.0931. The van der Waals surface area contributed by atoms with Crippen molar-refractivity contribution in [2.24, 2.45) is 5.92 Å². The molecule has 0 aromatic carbocycles. The summed E-state index contributed by atoms with van der Waals surface area (Å²) in [6.45, 7) is 5.84. The molecule has 0 bridgehead atoms. The third kappa shape index (κ3) is 2.50. The highest BCUT2D eigenvalue weighted by molar-refractivity contribution is 5.77. The van der Waals surface area contributed by atoms with Crippen molar-refractivity contribution >= 4 is 5.91 Å². The van der Waals surface area contributed by atoms with Gasteiger partial charge in [0.15, 0.2) is 0 Å². The van der Waals surface area contributed by atoms with Crippen molar-refractivity contribution in [3.63, 3.8) is 0 Å². The zero-order chi connectivity index (χ0) is 8.27. The van der Waals surface area contributed by atoms with Gasteiger partial charge in [0.25, 0.3) is 0 Å². The maximum absolute atomic E-state index is 11.1. The minimum Gasteiger partial charge on any atom is -0.289 e. The number of hydrazine groups is 1. The Labute approximate surface area is 67.7 Å². The van der Waals surface area contributed by atoms with Crippen LogP contribution in [-0.4, -0.2) is 24.0 Å². The molecule has 1 rings (SSSR count). The summed E-state index contributed by atoms with van der Waals surface area (Å²) in [6, 6.07) is 0. The van der Waals surface area contributed by atoms with Gasteiger partial charge in [-0.05, 0) is 12.8 Å². The topological polar surface area (TPSA) is 32.3 Å². The van der Waals surface area contributed by atoms with E-state index >= 15 is 0 Å². The lowest BCUT2D eigenvalue weighted by Crippen LogP contribution is -2.42. The van der Waals surface area contributed by atoms with E-state index in [1.807, 2.05) is 18.9 Å². The highest BCUT2D eigenvalue weighted by Crippen LogP contribution is 2.04. The Bertz CT molecular complexity index is 139. The molecule has 0 aliphatic carbocycles. The van der Waals surface area contributed by atoms with Crippen molar-refractivity contribution in [3.8, 4) is 0 Å². The van der Waals surface area contributed by atoms with Crippen LogP contribution in [0.2, 0.25) is 0 Å². The van der Waals surface area contributed by atoms with Crippen LogP contribution in [0.25, 0.3) is 0 Å². The first-order valence-corrected chi connectivity index (χ1v) is 4.25. The van der Waals surface area contributed by atoms with Crippen LogP contribution in [0.5, 0.6) is 0 Å². The molecule has 11 heavy (non-hydrogen) atoms. The zero-order valence-electron chi connectivity index (χ0n) is 7.26. The lowest BCUT2D eigenvalue weighted by Gasteiger charge is -2.17. The van der Waals surface area contributed by atoms with Gasteiger partial charge in [-0.1, -0.05) is 13.8 Å². The molecule has 1 saturated heterocycles. The van der Waals surface area contributed by atoms with Crippen LogP contribution in [0.3, 0.4) is 0 Å². The number of nitrogens with one attached hydrogen (secondary N) is 1. The summed E-state index contributed by atoms with van der Waals surface area (Å²) in [6.07, 6.45) is 2.41. The molecule has 1 amide bonds.